The lowest BCUT2D eigenvalue weighted by Crippen LogP contribution is -2.48. The molecule has 2 aliphatic heterocycles. The van der Waals surface area contributed by atoms with Crippen LogP contribution in [-0.2, 0) is 29.4 Å². The van der Waals surface area contributed by atoms with E-state index in [2.05, 4.69) is 5.32 Å². The quantitative estimate of drug-likeness (QED) is 0.409. The van der Waals surface area contributed by atoms with Gasteiger partial charge in [-0.1, -0.05) is 66.7 Å². The summed E-state index contributed by atoms with van der Waals surface area (Å²) in [6.07, 6.45) is 0.727. The van der Waals surface area contributed by atoms with Gasteiger partial charge in [0.2, 0.25) is 0 Å². The molecule has 2 saturated carbocycles. The maximum absolute atomic E-state index is 13.9. The van der Waals surface area contributed by atoms with E-state index in [1.54, 1.807) is 6.07 Å². The summed E-state index contributed by atoms with van der Waals surface area (Å²) < 4.78 is 18.2. The highest BCUT2D eigenvalue weighted by atomic mass is 16.6. The van der Waals surface area contributed by atoms with E-state index in [1.807, 2.05) is 66.7 Å². The number of benzene rings is 3. The molecule has 0 aromatic heterocycles. The third-order valence-corrected chi connectivity index (χ3v) is 9.08. The van der Waals surface area contributed by atoms with E-state index in [1.165, 1.54) is 0 Å². The van der Waals surface area contributed by atoms with Crippen molar-refractivity contribution in [2.24, 2.45) is 23.7 Å². The topological polar surface area (TPSA) is 90.9 Å². The van der Waals surface area contributed by atoms with Crippen molar-refractivity contribution < 1.29 is 28.6 Å². The number of carbonyl (C=O) groups is 3. The summed E-state index contributed by atoms with van der Waals surface area (Å²) in [5.74, 6) is -2.93. The van der Waals surface area contributed by atoms with E-state index in [9.17, 15) is 14.4 Å². The Balaban J connectivity index is 1.17. The Morgan fingerprint density at radius 3 is 2.45 bits per heavy atom. The van der Waals surface area contributed by atoms with Gasteiger partial charge in [-0.2, -0.15) is 0 Å². The van der Waals surface area contributed by atoms with Gasteiger partial charge in [-0.3, -0.25) is 9.59 Å². The molecule has 2 heterocycles. The molecule has 2 saturated heterocycles. The van der Waals surface area contributed by atoms with Crippen LogP contribution >= 0.6 is 0 Å². The minimum absolute atomic E-state index is 0.143. The number of fused-ring (bicyclic) bond motifs is 2. The molecular weight excluding hydrogens is 482 g/mol. The molecule has 0 amide bonds. The molecule has 0 spiro atoms. The van der Waals surface area contributed by atoms with Crippen molar-refractivity contribution in [2.45, 2.75) is 37.1 Å². The Kier molecular flexibility index (Phi) is 5.51. The van der Waals surface area contributed by atoms with Gasteiger partial charge in [0.15, 0.2) is 0 Å². The minimum Gasteiger partial charge on any atom is -0.458 e. The van der Waals surface area contributed by atoms with Crippen molar-refractivity contribution >= 4 is 28.7 Å². The molecule has 6 atom stereocenters. The van der Waals surface area contributed by atoms with Gasteiger partial charge >= 0.3 is 17.9 Å². The lowest BCUT2D eigenvalue weighted by Gasteiger charge is -2.39. The van der Waals surface area contributed by atoms with Crippen LogP contribution in [0.5, 0.6) is 0 Å². The van der Waals surface area contributed by atoms with Crippen LogP contribution in [0.4, 0.5) is 0 Å². The summed E-state index contributed by atoms with van der Waals surface area (Å²) in [5, 5.41) is 5.09. The van der Waals surface area contributed by atoms with E-state index < -0.39 is 41.6 Å². The number of esters is 3. The molecular formula is C31H29NO6. The number of hydrogen-bond acceptors (Lipinski definition) is 7. The molecule has 6 unspecified atom stereocenters. The van der Waals surface area contributed by atoms with Gasteiger partial charge in [0.25, 0.3) is 0 Å². The van der Waals surface area contributed by atoms with E-state index in [4.69, 9.17) is 14.2 Å². The first-order chi connectivity index (χ1) is 18.6. The van der Waals surface area contributed by atoms with Crippen LogP contribution in [0.2, 0.25) is 0 Å². The maximum Gasteiger partial charge on any atom is 0.339 e. The average molecular weight is 512 g/mol. The van der Waals surface area contributed by atoms with Crippen LogP contribution in [0.1, 0.15) is 35.2 Å². The van der Waals surface area contributed by atoms with Crippen LogP contribution in [0.3, 0.4) is 0 Å². The number of nitrogens with one attached hydrogen (secondary N) is 1. The van der Waals surface area contributed by atoms with Gasteiger partial charge in [0.05, 0.1) is 17.4 Å². The van der Waals surface area contributed by atoms with Crippen molar-refractivity contribution in [3.05, 3.63) is 83.9 Å². The second kappa shape index (κ2) is 8.95. The molecule has 4 aliphatic rings. The standard InChI is InChI=1S/C31H29NO6/c33-28(21-12-6-8-18-7-4-5-11-20(18)21)36-26-23-17-22-24(29(34)37-27(22)26)25(23)30(35)38-31(13-15-32-16-14-31)19-9-2-1-3-10-19/h1-12,22-27,32H,13-17H2. The predicted octanol–water partition coefficient (Wildman–Crippen LogP) is 3.99. The van der Waals surface area contributed by atoms with E-state index >= 15 is 0 Å². The molecule has 38 heavy (non-hydrogen) atoms. The lowest BCUT2D eigenvalue weighted by molar-refractivity contribution is -0.175. The summed E-state index contributed by atoms with van der Waals surface area (Å²) in [6.45, 7) is 1.47. The Bertz CT molecular complexity index is 1410. The highest BCUT2D eigenvalue weighted by molar-refractivity contribution is 6.04. The zero-order chi connectivity index (χ0) is 25.9. The van der Waals surface area contributed by atoms with Crippen LogP contribution in [0.25, 0.3) is 10.8 Å². The Morgan fingerprint density at radius 2 is 1.63 bits per heavy atom. The fourth-order valence-electron chi connectivity index (χ4n) is 7.34. The Labute approximate surface area is 220 Å². The summed E-state index contributed by atoms with van der Waals surface area (Å²) in [7, 11) is 0. The third kappa shape index (κ3) is 3.56. The largest absolute Gasteiger partial charge is 0.458 e. The molecule has 2 bridgehead atoms. The zero-order valence-electron chi connectivity index (χ0n) is 20.9. The van der Waals surface area contributed by atoms with Crippen molar-refractivity contribution in [3.63, 3.8) is 0 Å². The van der Waals surface area contributed by atoms with Crippen molar-refractivity contribution in [3.8, 4) is 0 Å². The molecule has 1 N–H and O–H groups in total. The number of hydrogen-bond donors (Lipinski definition) is 1. The normalized spacial score (nSPS) is 30.7. The fourth-order valence-corrected chi connectivity index (χ4v) is 7.34. The number of carbonyl (C=O) groups excluding carboxylic acids is 3. The number of piperidine rings is 1. The molecule has 7 heteroatoms. The lowest BCUT2D eigenvalue weighted by atomic mass is 9.78. The van der Waals surface area contributed by atoms with E-state index in [-0.39, 0.29) is 17.8 Å². The fraction of sp³-hybridized carbons (Fsp3) is 0.387. The van der Waals surface area contributed by atoms with Crippen LogP contribution in [0, 0.1) is 23.7 Å². The van der Waals surface area contributed by atoms with Crippen molar-refractivity contribution in [2.75, 3.05) is 13.1 Å². The second-order valence-electron chi connectivity index (χ2n) is 10.9. The molecule has 3 aromatic carbocycles. The van der Waals surface area contributed by atoms with Gasteiger partial charge in [-0.25, -0.2) is 4.79 Å². The average Bonchev–Trinajstić information content (AvgIpc) is 3.58. The number of ether oxygens (including phenoxy) is 3. The molecule has 7 rings (SSSR count). The highest BCUT2D eigenvalue weighted by Gasteiger charge is 2.70. The van der Waals surface area contributed by atoms with Crippen molar-refractivity contribution in [1.82, 2.24) is 5.32 Å². The van der Waals surface area contributed by atoms with Gasteiger partial charge in [0, 0.05) is 24.7 Å². The van der Waals surface area contributed by atoms with Crippen LogP contribution in [-0.4, -0.2) is 43.2 Å². The number of rotatable bonds is 5. The van der Waals surface area contributed by atoms with E-state index in [0.29, 0.717) is 24.8 Å². The SMILES string of the molecule is O=C(OC1C2CC3C1OC(=O)C3C2C(=O)OC1(c2ccccc2)CCNCC1)c1cccc2ccccc12. The second-order valence-corrected chi connectivity index (χ2v) is 10.9. The first-order valence-electron chi connectivity index (χ1n) is 13.4. The molecule has 0 radical (unpaired) electrons. The van der Waals surface area contributed by atoms with Gasteiger partial charge < -0.3 is 19.5 Å². The molecule has 3 aromatic rings. The summed E-state index contributed by atoms with van der Waals surface area (Å²) in [4.78, 5) is 40.2. The van der Waals surface area contributed by atoms with Crippen LogP contribution < -0.4 is 5.32 Å². The smallest absolute Gasteiger partial charge is 0.339 e. The zero-order valence-corrected chi connectivity index (χ0v) is 20.9. The van der Waals surface area contributed by atoms with Gasteiger partial charge in [0.1, 0.15) is 17.8 Å². The van der Waals surface area contributed by atoms with Gasteiger partial charge in [-0.05, 0) is 41.9 Å². The molecule has 4 fully saturated rings. The van der Waals surface area contributed by atoms with Gasteiger partial charge in [-0.15, -0.1) is 0 Å². The summed E-state index contributed by atoms with van der Waals surface area (Å²) in [5.41, 5.74) is 0.676. The molecule has 194 valence electrons. The highest BCUT2D eigenvalue weighted by Crippen LogP contribution is 2.59. The molecule has 2 aliphatic carbocycles. The first kappa shape index (κ1) is 23.4. The molecule has 7 nitrogen and oxygen atoms in total. The summed E-state index contributed by atoms with van der Waals surface area (Å²) >= 11 is 0. The van der Waals surface area contributed by atoms with E-state index in [0.717, 1.165) is 29.4 Å². The monoisotopic (exact) mass is 511 g/mol. The maximum atomic E-state index is 13.9. The predicted molar refractivity (Wildman–Crippen MR) is 138 cm³/mol. The third-order valence-electron chi connectivity index (χ3n) is 9.08. The Hall–Kier alpha value is -3.71. The van der Waals surface area contributed by atoms with Crippen molar-refractivity contribution in [1.29, 1.82) is 0 Å². The summed E-state index contributed by atoms with van der Waals surface area (Å²) in [6, 6.07) is 23.0. The Morgan fingerprint density at radius 1 is 0.895 bits per heavy atom. The first-order valence-corrected chi connectivity index (χ1v) is 13.4. The van der Waals surface area contributed by atoms with Crippen LogP contribution in [0.15, 0.2) is 72.8 Å². The minimum atomic E-state index is -0.748.